The lowest BCUT2D eigenvalue weighted by Crippen LogP contribution is -2.17. The van der Waals surface area contributed by atoms with Crippen molar-refractivity contribution >= 4 is 16.8 Å². The summed E-state index contributed by atoms with van der Waals surface area (Å²) in [5.41, 5.74) is 2.86. The highest BCUT2D eigenvalue weighted by Gasteiger charge is 2.10. The number of aromatic nitrogens is 1. The molecule has 0 spiro atoms. The Morgan fingerprint density at radius 1 is 0.429 bits per heavy atom. The summed E-state index contributed by atoms with van der Waals surface area (Å²) >= 11 is 0. The van der Waals surface area contributed by atoms with Crippen molar-refractivity contribution < 1.29 is 37.6 Å². The number of nitrogens with one attached hydrogen (secondary N) is 1. The fraction of sp³-hybridized carbons (Fsp3) is 0.205. The monoisotopic (exact) mass is 662 g/mol. The van der Waals surface area contributed by atoms with Gasteiger partial charge in [0.25, 0.3) is 0 Å². The molecule has 5 aromatic carbocycles. The van der Waals surface area contributed by atoms with Crippen LogP contribution in [0, 0.1) is 0 Å². The highest BCUT2D eigenvalue weighted by molar-refractivity contribution is 5.71. The third kappa shape index (κ3) is 9.74. The highest BCUT2D eigenvalue weighted by Crippen LogP contribution is 2.31. The Labute approximate surface area is 285 Å². The Morgan fingerprint density at radius 2 is 0.878 bits per heavy atom. The molecule has 0 saturated heterocycles. The van der Waals surface area contributed by atoms with Crippen molar-refractivity contribution in [2.24, 2.45) is 0 Å². The average Bonchev–Trinajstić information content (AvgIpc) is 3.81. The first-order chi connectivity index (χ1) is 24.3. The number of anilines is 1. The van der Waals surface area contributed by atoms with E-state index in [-0.39, 0.29) is 0 Å². The first-order valence-corrected chi connectivity index (χ1v) is 16.1. The first kappa shape index (κ1) is 32.9. The van der Waals surface area contributed by atoms with E-state index in [9.17, 15) is 0 Å². The van der Waals surface area contributed by atoms with Gasteiger partial charge in [-0.15, -0.1) is 0 Å². The highest BCUT2D eigenvalue weighted by atomic mass is 16.7. The minimum Gasteiger partial charge on any atom is -0.490 e. The van der Waals surface area contributed by atoms with Crippen LogP contribution in [0.5, 0.6) is 40.2 Å². The van der Waals surface area contributed by atoms with Crippen molar-refractivity contribution in [1.82, 2.24) is 4.98 Å². The minimum absolute atomic E-state index is 0.360. The van der Waals surface area contributed by atoms with Crippen LogP contribution >= 0.6 is 0 Å². The summed E-state index contributed by atoms with van der Waals surface area (Å²) in [6.07, 6.45) is 2.42. The Hall–Kier alpha value is -6.03. The maximum absolute atomic E-state index is 5.42. The number of nitrogens with zero attached hydrogens (tertiary/aromatic N) is 1. The summed E-state index contributed by atoms with van der Waals surface area (Å²) in [7, 11) is 0. The molecule has 252 valence electrons. The van der Waals surface area contributed by atoms with Crippen LogP contribution in [0.3, 0.4) is 0 Å². The molecule has 0 fully saturated rings. The van der Waals surface area contributed by atoms with Crippen molar-refractivity contribution in [3.8, 4) is 40.2 Å². The number of hydrogen-bond acceptors (Lipinski definition) is 10. The smallest absolute Gasteiger partial charge is 0.231 e. The van der Waals surface area contributed by atoms with E-state index in [2.05, 4.69) is 10.3 Å². The number of oxazole rings is 1. The van der Waals surface area contributed by atoms with Gasteiger partial charge in [0.2, 0.25) is 6.79 Å². The molecule has 0 bridgehead atoms. The lowest BCUT2D eigenvalue weighted by atomic mass is 10.3. The van der Waals surface area contributed by atoms with Crippen LogP contribution in [-0.2, 0) is 0 Å². The van der Waals surface area contributed by atoms with Crippen LogP contribution in [-0.4, -0.2) is 51.4 Å². The maximum Gasteiger partial charge on any atom is 0.231 e. The van der Waals surface area contributed by atoms with E-state index in [1.54, 1.807) is 0 Å². The molecule has 0 amide bonds. The van der Waals surface area contributed by atoms with Crippen LogP contribution in [0.2, 0.25) is 0 Å². The summed E-state index contributed by atoms with van der Waals surface area (Å²) in [5.74, 6) is 6.10. The molecule has 0 saturated carbocycles. The van der Waals surface area contributed by atoms with E-state index >= 15 is 0 Å². The Balaban J connectivity index is 0.000000106. The van der Waals surface area contributed by atoms with E-state index in [4.69, 9.17) is 37.6 Å². The molecule has 1 aromatic heterocycles. The van der Waals surface area contributed by atoms with Gasteiger partial charge in [-0.05, 0) is 60.7 Å². The number of fused-ring (bicyclic) bond motifs is 5. The zero-order valence-electron chi connectivity index (χ0n) is 27.0. The predicted molar refractivity (Wildman–Crippen MR) is 186 cm³/mol. The topological polar surface area (TPSA) is 103 Å². The molecule has 10 rings (SSSR count). The van der Waals surface area contributed by atoms with Gasteiger partial charge in [-0.1, -0.05) is 60.7 Å². The number of rotatable bonds is 0. The molecule has 10 heteroatoms. The third-order valence-corrected chi connectivity index (χ3v) is 7.18. The van der Waals surface area contributed by atoms with E-state index in [1.807, 2.05) is 121 Å². The Morgan fingerprint density at radius 3 is 1.43 bits per heavy atom. The quantitative estimate of drug-likeness (QED) is 0.172. The summed E-state index contributed by atoms with van der Waals surface area (Å²) in [4.78, 5) is 3.95. The summed E-state index contributed by atoms with van der Waals surface area (Å²) in [6, 6.07) is 38.7. The van der Waals surface area contributed by atoms with E-state index in [0.29, 0.717) is 20.0 Å². The molecular weight excluding hydrogens is 624 g/mol. The van der Waals surface area contributed by atoms with Gasteiger partial charge in [0, 0.05) is 13.0 Å². The van der Waals surface area contributed by atoms with Gasteiger partial charge in [0.05, 0.1) is 18.9 Å². The van der Waals surface area contributed by atoms with Gasteiger partial charge in [0.15, 0.2) is 46.5 Å². The standard InChI is InChI=1S/C9H10O2.C8H9NO.C8H8O2.C7H5NO.C7H6O2/c1-2-5-9-8(4-1)10-6-3-7-11-9;2*1-2-4-8-7(3-1)9-5-6-10-8;2*1-2-4-7-6(3-1)8-5-9-7/h1-2,4-5H,3,6-7H2;1-4,9H,5-6H2;1-4H,5-6H2;1-5H;1-4H,5H2. The van der Waals surface area contributed by atoms with Crippen molar-refractivity contribution in [2.45, 2.75) is 6.42 Å². The summed E-state index contributed by atoms with van der Waals surface area (Å²) < 4.78 is 42.0. The largest absolute Gasteiger partial charge is 0.490 e. The molecule has 1 N–H and O–H groups in total. The Kier molecular flexibility index (Phi) is 11.9. The molecular formula is C39H38N2O8. The second kappa shape index (κ2) is 17.8. The summed E-state index contributed by atoms with van der Waals surface area (Å²) in [5, 5.41) is 3.24. The van der Waals surface area contributed by atoms with Crippen LogP contribution in [0.15, 0.2) is 132 Å². The predicted octanol–water partition coefficient (Wildman–Crippen LogP) is 8.04. The van der Waals surface area contributed by atoms with E-state index in [0.717, 1.165) is 89.8 Å². The third-order valence-electron chi connectivity index (χ3n) is 7.18. The summed E-state index contributed by atoms with van der Waals surface area (Å²) in [6.45, 7) is 4.90. The molecule has 10 nitrogen and oxygen atoms in total. The first-order valence-electron chi connectivity index (χ1n) is 16.1. The van der Waals surface area contributed by atoms with Gasteiger partial charge in [-0.25, -0.2) is 4.98 Å². The molecule has 4 aliphatic rings. The van der Waals surface area contributed by atoms with Gasteiger partial charge in [-0.3, -0.25) is 0 Å². The second-order valence-electron chi connectivity index (χ2n) is 10.6. The van der Waals surface area contributed by atoms with Crippen molar-refractivity contribution in [3.63, 3.8) is 0 Å². The number of ether oxygens (including phenoxy) is 7. The minimum atomic E-state index is 0.360. The van der Waals surface area contributed by atoms with Gasteiger partial charge < -0.3 is 42.9 Å². The lowest BCUT2D eigenvalue weighted by Gasteiger charge is -2.17. The van der Waals surface area contributed by atoms with Gasteiger partial charge in [-0.2, -0.15) is 0 Å². The molecule has 0 atom stereocenters. The molecule has 6 aromatic rings. The number of hydrogen-bond donors (Lipinski definition) is 1. The SMILES string of the molecule is c1ccc2c(c1)NCCO2.c1ccc2c(c1)OCCCO2.c1ccc2c(c1)OCCO2.c1ccc2c(c1)OCO2.c1ccc2ocnc2c1. The fourth-order valence-electron chi connectivity index (χ4n) is 4.84. The van der Waals surface area contributed by atoms with Crippen LogP contribution < -0.4 is 38.5 Å². The molecule has 0 aliphatic carbocycles. The number of benzene rings is 5. The van der Waals surface area contributed by atoms with E-state index < -0.39 is 0 Å². The van der Waals surface area contributed by atoms with Crippen LogP contribution in [0.4, 0.5) is 5.69 Å². The van der Waals surface area contributed by atoms with Crippen molar-refractivity contribution in [3.05, 3.63) is 128 Å². The zero-order valence-corrected chi connectivity index (χ0v) is 27.0. The maximum atomic E-state index is 5.42. The van der Waals surface area contributed by atoms with Crippen LogP contribution in [0.25, 0.3) is 11.1 Å². The molecule has 0 radical (unpaired) electrons. The van der Waals surface area contributed by atoms with E-state index in [1.165, 1.54) is 6.39 Å². The van der Waals surface area contributed by atoms with Crippen molar-refractivity contribution in [2.75, 3.05) is 51.7 Å². The normalized spacial score (nSPS) is 14.0. The second-order valence-corrected chi connectivity index (χ2v) is 10.6. The number of para-hydroxylation sites is 10. The zero-order chi connectivity index (χ0) is 33.4. The van der Waals surface area contributed by atoms with Crippen molar-refractivity contribution in [1.29, 1.82) is 0 Å². The van der Waals surface area contributed by atoms with Crippen LogP contribution in [0.1, 0.15) is 6.42 Å². The molecule has 5 heterocycles. The average molecular weight is 663 g/mol. The Bertz CT molecular complexity index is 1700. The lowest BCUT2D eigenvalue weighted by molar-refractivity contribution is 0.171. The van der Waals surface area contributed by atoms with Gasteiger partial charge in [0.1, 0.15) is 31.1 Å². The molecule has 4 aliphatic heterocycles. The van der Waals surface area contributed by atoms with Gasteiger partial charge >= 0.3 is 0 Å². The molecule has 0 unspecified atom stereocenters. The fourth-order valence-corrected chi connectivity index (χ4v) is 4.84. The molecule has 49 heavy (non-hydrogen) atoms.